The zero-order chi connectivity index (χ0) is 24.4. The quantitative estimate of drug-likeness (QED) is 0.512. The fourth-order valence-corrected chi connectivity index (χ4v) is 9.50. The molecule has 1 heterocycles. The number of hydrogen-bond donors (Lipinski definition) is 2. The summed E-state index contributed by atoms with van der Waals surface area (Å²) in [6, 6.07) is -0.0902. The molecule has 1 aliphatic heterocycles. The molecule has 188 valence electrons. The minimum absolute atomic E-state index is 0.0256. The lowest BCUT2D eigenvalue weighted by Gasteiger charge is -2.59. The molecule has 0 spiro atoms. The molecule has 9 atom stereocenters. The van der Waals surface area contributed by atoms with E-state index in [1.807, 2.05) is 0 Å². The van der Waals surface area contributed by atoms with Crippen molar-refractivity contribution in [3.05, 3.63) is 22.8 Å². The minimum Gasteiger partial charge on any atom is -0.391 e. The van der Waals surface area contributed by atoms with Gasteiger partial charge in [0, 0.05) is 25.1 Å². The molecule has 1 amide bonds. The monoisotopic (exact) mass is 466 g/mol. The van der Waals surface area contributed by atoms with Crippen molar-refractivity contribution in [1.29, 1.82) is 0 Å². The van der Waals surface area contributed by atoms with E-state index in [1.54, 1.807) is 12.5 Å². The van der Waals surface area contributed by atoms with Crippen LogP contribution in [0.1, 0.15) is 92.9 Å². The normalized spacial score (nSPS) is 44.4. The minimum atomic E-state index is -0.437. The van der Waals surface area contributed by atoms with E-state index in [2.05, 4.69) is 46.0 Å². The fourth-order valence-electron chi connectivity index (χ4n) is 9.50. The number of amides is 1. The Kier molecular flexibility index (Phi) is 6.15. The Morgan fingerprint density at radius 1 is 1.09 bits per heavy atom. The molecule has 2 N–H and O–H groups in total. The summed E-state index contributed by atoms with van der Waals surface area (Å²) in [4.78, 5) is 16.7. The molecule has 34 heavy (non-hydrogen) atoms. The first kappa shape index (κ1) is 24.3. The first-order valence-corrected chi connectivity index (χ1v) is 13.9. The van der Waals surface area contributed by atoms with E-state index in [-0.39, 0.29) is 23.3 Å². The predicted octanol–water partition coefficient (Wildman–Crippen LogP) is 5.86. The van der Waals surface area contributed by atoms with E-state index >= 15 is 0 Å². The fraction of sp³-hybridized carbons (Fsp3) is 0.800. The van der Waals surface area contributed by atoms with Crippen LogP contribution in [0.4, 0.5) is 0 Å². The third-order valence-electron chi connectivity index (χ3n) is 11.2. The van der Waals surface area contributed by atoms with Crippen LogP contribution in [-0.2, 0) is 4.79 Å². The standard InChI is InChI=1S/C30H46N2O2/c1-17(2)20-13-16-31-27(20)18(3)22-9-10-23-21-7-8-25-28(34)26(32-19(4)33)12-15-30(25,6)24(21)11-14-29(22,23)5/h7,18,22-26,28,34H,8-16H2,1-6H3,(H,32,33)/t18-,22-,23+,24+,25+,26+,28-,29-,30-/m1/s1. The van der Waals surface area contributed by atoms with Gasteiger partial charge < -0.3 is 10.4 Å². The maximum atomic E-state index is 11.7. The van der Waals surface area contributed by atoms with Gasteiger partial charge in [-0.05, 0) is 105 Å². The number of allylic oxidation sites excluding steroid dienone is 3. The van der Waals surface area contributed by atoms with Crippen molar-refractivity contribution in [3.8, 4) is 0 Å². The molecule has 0 radical (unpaired) electrons. The van der Waals surface area contributed by atoms with Crippen LogP contribution in [0.25, 0.3) is 0 Å². The Bertz CT molecular complexity index is 943. The van der Waals surface area contributed by atoms with Crippen LogP contribution in [-0.4, -0.2) is 35.4 Å². The second-order valence-corrected chi connectivity index (χ2v) is 13.0. The second kappa shape index (κ2) is 8.61. The summed E-state index contributed by atoms with van der Waals surface area (Å²) in [5.41, 5.74) is 6.63. The average molecular weight is 467 g/mol. The van der Waals surface area contributed by atoms with Crippen molar-refractivity contribution in [2.45, 2.75) is 105 Å². The zero-order valence-corrected chi connectivity index (χ0v) is 22.3. The van der Waals surface area contributed by atoms with E-state index in [9.17, 15) is 9.90 Å². The Labute approximate surface area is 206 Å². The molecule has 5 aliphatic rings. The number of aliphatic hydroxyl groups is 1. The highest BCUT2D eigenvalue weighted by atomic mass is 16.3. The van der Waals surface area contributed by atoms with Crippen molar-refractivity contribution >= 4 is 11.6 Å². The van der Waals surface area contributed by atoms with Gasteiger partial charge in [-0.3, -0.25) is 9.79 Å². The number of fused-ring (bicyclic) bond motifs is 5. The molecule has 5 rings (SSSR count). The number of aliphatic hydroxyl groups excluding tert-OH is 1. The highest BCUT2D eigenvalue weighted by molar-refractivity contribution is 6.03. The van der Waals surface area contributed by atoms with E-state index in [0.717, 1.165) is 32.2 Å². The highest BCUT2D eigenvalue weighted by Crippen LogP contribution is 2.67. The van der Waals surface area contributed by atoms with Crippen molar-refractivity contribution in [3.63, 3.8) is 0 Å². The number of carbonyl (C=O) groups excluding carboxylic acids is 1. The maximum Gasteiger partial charge on any atom is 0.217 e. The Morgan fingerprint density at radius 2 is 1.79 bits per heavy atom. The lowest BCUT2D eigenvalue weighted by molar-refractivity contribution is -0.125. The summed E-state index contributed by atoms with van der Waals surface area (Å²) in [7, 11) is 0. The van der Waals surface area contributed by atoms with Crippen LogP contribution in [0.3, 0.4) is 0 Å². The van der Waals surface area contributed by atoms with E-state index in [0.29, 0.717) is 29.1 Å². The van der Waals surface area contributed by atoms with Crippen LogP contribution in [0, 0.1) is 40.4 Å². The largest absolute Gasteiger partial charge is 0.391 e. The molecular weight excluding hydrogens is 420 g/mol. The highest BCUT2D eigenvalue weighted by Gasteiger charge is 2.60. The van der Waals surface area contributed by atoms with Crippen molar-refractivity contribution in [1.82, 2.24) is 5.32 Å². The molecule has 0 aromatic heterocycles. The summed E-state index contributed by atoms with van der Waals surface area (Å²) in [5, 5.41) is 14.3. The molecule has 0 bridgehead atoms. The SMILES string of the molecule is CC(=O)N[C@H]1CC[C@]2(C)[C@H]3CC[C@]4(C)[C@@H]([C@@H](C)C5=NCCC5=C(C)C)CC[C@H]4C3=CC[C@H]2[C@H]1O. The van der Waals surface area contributed by atoms with Crippen LogP contribution in [0.2, 0.25) is 0 Å². The summed E-state index contributed by atoms with van der Waals surface area (Å²) in [6.45, 7) is 14.6. The molecule has 4 heteroatoms. The van der Waals surface area contributed by atoms with Gasteiger partial charge in [0.2, 0.25) is 5.91 Å². The van der Waals surface area contributed by atoms with Gasteiger partial charge >= 0.3 is 0 Å². The molecule has 0 unspecified atom stereocenters. The molecule has 0 aromatic rings. The third-order valence-corrected chi connectivity index (χ3v) is 11.2. The Balaban J connectivity index is 1.40. The Morgan fingerprint density at radius 3 is 2.50 bits per heavy atom. The molecule has 4 nitrogen and oxygen atoms in total. The molecule has 3 saturated carbocycles. The van der Waals surface area contributed by atoms with Gasteiger partial charge in [-0.15, -0.1) is 0 Å². The lowest BCUT2D eigenvalue weighted by atomic mass is 9.47. The van der Waals surface area contributed by atoms with Crippen LogP contribution >= 0.6 is 0 Å². The van der Waals surface area contributed by atoms with Crippen LogP contribution in [0.15, 0.2) is 27.8 Å². The van der Waals surface area contributed by atoms with Gasteiger partial charge in [0.05, 0.1) is 12.1 Å². The number of aliphatic imine (C=N–C) groups is 1. The maximum absolute atomic E-state index is 11.7. The van der Waals surface area contributed by atoms with E-state index in [1.165, 1.54) is 42.5 Å². The summed E-state index contributed by atoms with van der Waals surface area (Å²) < 4.78 is 0. The van der Waals surface area contributed by atoms with Gasteiger partial charge in [-0.25, -0.2) is 0 Å². The van der Waals surface area contributed by atoms with Gasteiger partial charge in [0.15, 0.2) is 0 Å². The lowest BCUT2D eigenvalue weighted by Crippen LogP contribution is -2.58. The van der Waals surface area contributed by atoms with Gasteiger partial charge in [-0.2, -0.15) is 0 Å². The second-order valence-electron chi connectivity index (χ2n) is 13.0. The molecule has 4 aliphatic carbocycles. The van der Waals surface area contributed by atoms with Gasteiger partial charge in [-0.1, -0.05) is 38.0 Å². The first-order chi connectivity index (χ1) is 16.1. The Hall–Kier alpha value is -1.42. The van der Waals surface area contributed by atoms with Crippen LogP contribution in [0.5, 0.6) is 0 Å². The van der Waals surface area contributed by atoms with E-state index < -0.39 is 6.10 Å². The van der Waals surface area contributed by atoms with E-state index in [4.69, 9.17) is 4.99 Å². The van der Waals surface area contributed by atoms with Crippen molar-refractivity contribution in [2.24, 2.45) is 45.4 Å². The van der Waals surface area contributed by atoms with Gasteiger partial charge in [0.25, 0.3) is 0 Å². The van der Waals surface area contributed by atoms with Crippen LogP contribution < -0.4 is 5.32 Å². The number of rotatable bonds is 3. The average Bonchev–Trinajstić information content (AvgIpc) is 3.40. The van der Waals surface area contributed by atoms with Gasteiger partial charge in [0.1, 0.15) is 0 Å². The number of hydrogen-bond acceptors (Lipinski definition) is 3. The zero-order valence-electron chi connectivity index (χ0n) is 22.3. The summed E-state index contributed by atoms with van der Waals surface area (Å²) in [6.07, 6.45) is 11.3. The topological polar surface area (TPSA) is 61.7 Å². The third kappa shape index (κ3) is 3.57. The first-order valence-electron chi connectivity index (χ1n) is 13.9. The van der Waals surface area contributed by atoms with Crippen molar-refractivity contribution < 1.29 is 9.90 Å². The predicted molar refractivity (Wildman–Crippen MR) is 139 cm³/mol. The molecule has 0 saturated heterocycles. The molecule has 3 fully saturated rings. The number of nitrogens with one attached hydrogen (secondary N) is 1. The number of carbonyl (C=O) groups is 1. The molecule has 0 aromatic carbocycles. The number of nitrogens with zero attached hydrogens (tertiary/aromatic N) is 1. The summed E-state index contributed by atoms with van der Waals surface area (Å²) in [5.74, 6) is 2.74. The van der Waals surface area contributed by atoms with Crippen molar-refractivity contribution in [2.75, 3.05) is 6.54 Å². The summed E-state index contributed by atoms with van der Waals surface area (Å²) >= 11 is 0. The smallest absolute Gasteiger partial charge is 0.217 e. The molecular formula is C30H46N2O2.